The van der Waals surface area contributed by atoms with Crippen LogP contribution in [0.5, 0.6) is 0 Å². The Bertz CT molecular complexity index is 62.7. The van der Waals surface area contributed by atoms with Crippen molar-refractivity contribution in [3.63, 3.8) is 0 Å². The predicted octanol–water partition coefficient (Wildman–Crippen LogP) is -0.0994. The average Bonchev–Trinajstić information content (AvgIpc) is 1.68. The second kappa shape index (κ2) is 3.61. The van der Waals surface area contributed by atoms with Gasteiger partial charge in [0.25, 0.3) is 0 Å². The number of carbonyl (C=O) groups is 1. The van der Waals surface area contributed by atoms with Gasteiger partial charge >= 0.3 is 0 Å². The van der Waals surface area contributed by atoms with E-state index in [-0.39, 0.29) is 5.91 Å². The monoisotopic (exact) mass is 102 g/mol. The zero-order valence-electron chi connectivity index (χ0n) is 4.23. The van der Waals surface area contributed by atoms with Gasteiger partial charge in [-0.3, -0.25) is 4.79 Å². The van der Waals surface area contributed by atoms with Crippen LogP contribution in [-0.2, 0) is 9.90 Å². The first kappa shape index (κ1) is 6.43. The molecule has 0 fully saturated rings. The van der Waals surface area contributed by atoms with Crippen LogP contribution in [-0.4, -0.2) is 12.6 Å². The van der Waals surface area contributed by atoms with E-state index in [9.17, 15) is 9.90 Å². The van der Waals surface area contributed by atoms with E-state index in [4.69, 9.17) is 0 Å². The number of hydrogen-bond acceptors (Lipinski definition) is 1. The number of nitrogens with one attached hydrogen (secondary N) is 1. The maximum atomic E-state index is 10.1. The topological polar surface area (TPSA) is 49.0 Å². The number of carbonyl (C=O) groups excluding carboxylic acids is 1. The van der Waals surface area contributed by atoms with Gasteiger partial charge in [-0.2, -0.15) is 0 Å². The Kier molecular flexibility index (Phi) is 3.32. The van der Waals surface area contributed by atoms with Crippen molar-refractivity contribution in [2.24, 2.45) is 0 Å². The van der Waals surface area contributed by atoms with E-state index in [0.717, 1.165) is 0 Å². The van der Waals surface area contributed by atoms with E-state index in [2.05, 4.69) is 5.32 Å². The molecule has 0 heterocycles. The Labute approximate surface area is 42.3 Å². The van der Waals surface area contributed by atoms with Crippen molar-refractivity contribution in [2.75, 3.05) is 6.73 Å². The molecule has 0 rings (SSSR count). The van der Waals surface area contributed by atoms with Gasteiger partial charge in [-0.15, -0.1) is 0 Å². The third kappa shape index (κ3) is 3.26. The van der Waals surface area contributed by atoms with Gasteiger partial charge in [-0.1, -0.05) is 6.92 Å². The summed E-state index contributed by atoms with van der Waals surface area (Å²) < 4.78 is 0. The molecule has 3 nitrogen and oxygen atoms in total. The number of amides is 1. The summed E-state index contributed by atoms with van der Waals surface area (Å²) >= 11 is 0. The van der Waals surface area contributed by atoms with Gasteiger partial charge in [0.1, 0.15) is 0 Å². The van der Waals surface area contributed by atoms with E-state index in [0.29, 0.717) is 6.42 Å². The Morgan fingerprint density at radius 2 is 2.29 bits per heavy atom. The number of hydrogen-bond donors (Lipinski definition) is 1. The minimum atomic E-state index is -0.507. The van der Waals surface area contributed by atoms with Crippen molar-refractivity contribution in [1.29, 1.82) is 0 Å². The fourth-order valence-electron chi connectivity index (χ4n) is 0.205. The zero-order valence-corrected chi connectivity index (χ0v) is 4.23. The summed E-state index contributed by atoms with van der Waals surface area (Å²) in [6.07, 6.45) is 0.391. The van der Waals surface area contributed by atoms with Gasteiger partial charge in [-0.25, -0.2) is 5.11 Å². The van der Waals surface area contributed by atoms with Crippen LogP contribution in [0, 0.1) is 0 Å². The molecule has 0 unspecified atom stereocenters. The van der Waals surface area contributed by atoms with Gasteiger partial charge in [0.2, 0.25) is 5.91 Å². The van der Waals surface area contributed by atoms with E-state index in [1.54, 1.807) is 6.92 Å². The summed E-state index contributed by atoms with van der Waals surface area (Å²) in [6.45, 7) is 1.19. The molecule has 0 bridgehead atoms. The Hall–Kier alpha value is -0.570. The van der Waals surface area contributed by atoms with Crippen LogP contribution < -0.4 is 5.32 Å². The molecule has 0 aromatic rings. The van der Waals surface area contributed by atoms with Crippen molar-refractivity contribution in [1.82, 2.24) is 5.32 Å². The first-order valence-electron chi connectivity index (χ1n) is 2.16. The maximum Gasteiger partial charge on any atom is 0.221 e. The van der Waals surface area contributed by atoms with Crippen molar-refractivity contribution in [3.8, 4) is 0 Å². The molecule has 0 saturated carbocycles. The third-order valence-corrected chi connectivity index (χ3v) is 0.590. The lowest BCUT2D eigenvalue weighted by Crippen LogP contribution is -2.21. The minimum absolute atomic E-state index is 0.185. The lowest BCUT2D eigenvalue weighted by molar-refractivity contribution is -0.122. The van der Waals surface area contributed by atoms with Gasteiger partial charge in [0, 0.05) is 6.42 Å². The Morgan fingerprint density at radius 1 is 1.71 bits per heavy atom. The smallest absolute Gasteiger partial charge is 0.221 e. The highest BCUT2D eigenvalue weighted by atomic mass is 16.3. The van der Waals surface area contributed by atoms with Gasteiger partial charge in [-0.05, 0) is 0 Å². The molecule has 1 N–H and O–H groups in total. The van der Waals surface area contributed by atoms with Crippen molar-refractivity contribution in [3.05, 3.63) is 0 Å². The molecular weight excluding hydrogens is 94.0 g/mol. The molecule has 0 atom stereocenters. The molecule has 0 spiro atoms. The molecule has 0 saturated heterocycles. The van der Waals surface area contributed by atoms with E-state index >= 15 is 0 Å². The molecule has 0 aromatic carbocycles. The Morgan fingerprint density at radius 3 is 2.43 bits per heavy atom. The van der Waals surface area contributed by atoms with Gasteiger partial charge < -0.3 is 5.32 Å². The summed E-state index contributed by atoms with van der Waals surface area (Å²) in [7, 11) is 0. The molecule has 0 aliphatic rings. The van der Waals surface area contributed by atoms with E-state index in [1.165, 1.54) is 0 Å². The summed E-state index contributed by atoms with van der Waals surface area (Å²) in [5.41, 5.74) is 0. The molecule has 41 valence electrons. The van der Waals surface area contributed by atoms with Gasteiger partial charge in [0.15, 0.2) is 6.73 Å². The summed E-state index contributed by atoms with van der Waals surface area (Å²) in [6, 6.07) is 0. The molecular formula is C4H8NO2. The molecule has 0 aromatic heterocycles. The molecule has 1 amide bonds. The lowest BCUT2D eigenvalue weighted by atomic mass is 10.5. The fraction of sp³-hybridized carbons (Fsp3) is 0.750. The molecule has 0 aliphatic heterocycles. The molecule has 1 radical (unpaired) electrons. The highest BCUT2D eigenvalue weighted by Crippen LogP contribution is 1.70. The van der Waals surface area contributed by atoms with Crippen LogP contribution in [0.4, 0.5) is 0 Å². The van der Waals surface area contributed by atoms with E-state index < -0.39 is 6.73 Å². The van der Waals surface area contributed by atoms with Gasteiger partial charge in [0.05, 0.1) is 0 Å². The Balaban J connectivity index is 3.00. The summed E-state index contributed by atoms with van der Waals surface area (Å²) in [5, 5.41) is 11.7. The largest absolute Gasteiger partial charge is 0.331 e. The third-order valence-electron chi connectivity index (χ3n) is 0.590. The first-order valence-corrected chi connectivity index (χ1v) is 2.16. The maximum absolute atomic E-state index is 10.1. The highest BCUT2D eigenvalue weighted by molar-refractivity contribution is 5.75. The van der Waals surface area contributed by atoms with Crippen LogP contribution in [0.25, 0.3) is 0 Å². The van der Waals surface area contributed by atoms with Crippen LogP contribution in [0.1, 0.15) is 13.3 Å². The normalized spacial score (nSPS) is 8.29. The lowest BCUT2D eigenvalue weighted by Gasteiger charge is -1.91. The average molecular weight is 102 g/mol. The minimum Gasteiger partial charge on any atom is -0.331 e. The van der Waals surface area contributed by atoms with Crippen LogP contribution >= 0.6 is 0 Å². The second-order valence-electron chi connectivity index (χ2n) is 1.10. The van der Waals surface area contributed by atoms with Crippen LogP contribution in [0.2, 0.25) is 0 Å². The molecule has 0 aliphatic carbocycles. The second-order valence-corrected chi connectivity index (χ2v) is 1.10. The molecule has 7 heavy (non-hydrogen) atoms. The quantitative estimate of drug-likeness (QED) is 0.486. The van der Waals surface area contributed by atoms with Crippen LogP contribution in [0.3, 0.4) is 0 Å². The van der Waals surface area contributed by atoms with Crippen LogP contribution in [0.15, 0.2) is 0 Å². The molecule has 3 heteroatoms. The highest BCUT2D eigenvalue weighted by Gasteiger charge is 1.89. The first-order chi connectivity index (χ1) is 3.31. The zero-order chi connectivity index (χ0) is 5.70. The predicted molar refractivity (Wildman–Crippen MR) is 24.0 cm³/mol. The SMILES string of the molecule is CCC(=O)NC[O]. The van der Waals surface area contributed by atoms with Crippen molar-refractivity contribution < 1.29 is 9.90 Å². The fourth-order valence-corrected chi connectivity index (χ4v) is 0.205. The standard InChI is InChI=1S/C4H8NO2/c1-2-4(7)5-3-6/h2-3H2,1H3,(H,5,7). The number of rotatable bonds is 2. The van der Waals surface area contributed by atoms with Crippen molar-refractivity contribution >= 4 is 5.91 Å². The summed E-state index contributed by atoms with van der Waals surface area (Å²) in [5.74, 6) is -0.185. The van der Waals surface area contributed by atoms with E-state index in [1.807, 2.05) is 0 Å². The van der Waals surface area contributed by atoms with Crippen molar-refractivity contribution in [2.45, 2.75) is 13.3 Å². The summed E-state index contributed by atoms with van der Waals surface area (Å²) in [4.78, 5) is 10.1.